The minimum Gasteiger partial charge on any atom is -0.321 e. The average molecular weight is 363 g/mol. The van der Waals surface area contributed by atoms with Gasteiger partial charge in [-0.15, -0.1) is 0 Å². The minimum absolute atomic E-state index is 0.0177. The van der Waals surface area contributed by atoms with Crippen LogP contribution in [-0.4, -0.2) is 17.7 Å². The molecule has 0 saturated heterocycles. The van der Waals surface area contributed by atoms with Crippen molar-refractivity contribution in [3.63, 3.8) is 0 Å². The number of benzene rings is 1. The molecule has 0 bridgehead atoms. The number of nitrogens with one attached hydrogen (secondary N) is 1. The highest BCUT2D eigenvalue weighted by Crippen LogP contribution is 2.38. The lowest BCUT2D eigenvalue weighted by Crippen LogP contribution is -2.32. The zero-order chi connectivity index (χ0) is 18.1. The Labute approximate surface area is 149 Å². The summed E-state index contributed by atoms with van der Waals surface area (Å²) in [6.45, 7) is 1.68. The monoisotopic (exact) mass is 362 g/mol. The Morgan fingerprint density at radius 3 is 2.36 bits per heavy atom. The van der Waals surface area contributed by atoms with Crippen molar-refractivity contribution >= 4 is 40.7 Å². The van der Waals surface area contributed by atoms with E-state index in [4.69, 9.17) is 11.6 Å². The molecule has 7 heteroatoms. The third kappa shape index (κ3) is 3.09. The van der Waals surface area contributed by atoms with Gasteiger partial charge in [0, 0.05) is 11.1 Å². The molecule has 1 aliphatic carbocycles. The van der Waals surface area contributed by atoms with Crippen LogP contribution in [0.4, 0.5) is 15.8 Å². The number of nitrogens with zero attached hydrogens (tertiary/aromatic N) is 1. The molecule has 1 N–H and O–H groups in total. The van der Waals surface area contributed by atoms with Gasteiger partial charge in [-0.25, -0.2) is 9.29 Å². The van der Waals surface area contributed by atoms with Crippen molar-refractivity contribution in [2.45, 2.75) is 32.6 Å². The van der Waals surface area contributed by atoms with Crippen molar-refractivity contribution in [3.8, 4) is 0 Å². The van der Waals surface area contributed by atoms with Crippen molar-refractivity contribution in [1.29, 1.82) is 0 Å². The smallest absolute Gasteiger partial charge is 0.261 e. The lowest BCUT2D eigenvalue weighted by molar-refractivity contribution is -0.120. The number of anilines is 2. The molecule has 0 unspecified atom stereocenters. The van der Waals surface area contributed by atoms with E-state index in [9.17, 15) is 18.8 Å². The number of imide groups is 1. The van der Waals surface area contributed by atoms with Crippen LogP contribution >= 0.6 is 11.6 Å². The van der Waals surface area contributed by atoms with Crippen LogP contribution in [0.3, 0.4) is 0 Å². The van der Waals surface area contributed by atoms with Crippen molar-refractivity contribution in [3.05, 3.63) is 46.3 Å². The van der Waals surface area contributed by atoms with E-state index < -0.39 is 23.5 Å². The molecule has 3 rings (SSSR count). The van der Waals surface area contributed by atoms with Gasteiger partial charge in [-0.05, 0) is 50.8 Å². The third-order valence-electron chi connectivity index (χ3n) is 4.24. The van der Waals surface area contributed by atoms with Crippen molar-refractivity contribution in [2.75, 3.05) is 10.2 Å². The lowest BCUT2D eigenvalue weighted by atomic mass is 9.93. The van der Waals surface area contributed by atoms with Gasteiger partial charge in [-0.3, -0.25) is 14.4 Å². The van der Waals surface area contributed by atoms with Crippen LogP contribution in [0, 0.1) is 5.82 Å². The quantitative estimate of drug-likeness (QED) is 0.658. The number of hydrogen-bond donors (Lipinski definition) is 1. The number of carbonyl (C=O) groups excluding carboxylic acids is 3. The molecule has 2 aliphatic rings. The molecule has 1 heterocycles. The average Bonchev–Trinajstić information content (AvgIpc) is 2.82. The second-order valence-corrected chi connectivity index (χ2v) is 6.29. The fourth-order valence-electron chi connectivity index (χ4n) is 3.09. The van der Waals surface area contributed by atoms with Crippen molar-refractivity contribution < 1.29 is 18.8 Å². The number of allylic oxidation sites excluding steroid dienone is 1. The molecule has 0 saturated carbocycles. The third-order valence-corrected chi connectivity index (χ3v) is 4.56. The van der Waals surface area contributed by atoms with Gasteiger partial charge in [0.15, 0.2) is 0 Å². The maximum Gasteiger partial charge on any atom is 0.261 e. The summed E-state index contributed by atoms with van der Waals surface area (Å²) in [7, 11) is 0. The highest BCUT2D eigenvalue weighted by atomic mass is 35.5. The first-order chi connectivity index (χ1) is 11.9. The van der Waals surface area contributed by atoms with Gasteiger partial charge in [0.2, 0.25) is 5.91 Å². The van der Waals surface area contributed by atoms with E-state index in [1.165, 1.54) is 12.1 Å². The van der Waals surface area contributed by atoms with Gasteiger partial charge in [0.25, 0.3) is 11.8 Å². The van der Waals surface area contributed by atoms with Crippen molar-refractivity contribution in [2.24, 2.45) is 0 Å². The Kier molecular flexibility index (Phi) is 4.72. The Bertz CT molecular complexity index is 817. The summed E-state index contributed by atoms with van der Waals surface area (Å²) in [4.78, 5) is 37.7. The number of carbonyl (C=O) groups is 3. The first-order valence-electron chi connectivity index (χ1n) is 7.97. The largest absolute Gasteiger partial charge is 0.321 e. The van der Waals surface area contributed by atoms with Crippen LogP contribution in [0.1, 0.15) is 32.6 Å². The predicted molar refractivity (Wildman–Crippen MR) is 92.8 cm³/mol. The van der Waals surface area contributed by atoms with Gasteiger partial charge < -0.3 is 5.32 Å². The summed E-state index contributed by atoms with van der Waals surface area (Å²) in [6.07, 6.45) is 5.54. The molecule has 0 fully saturated rings. The Morgan fingerprint density at radius 1 is 1.20 bits per heavy atom. The molecule has 5 nitrogen and oxygen atoms in total. The van der Waals surface area contributed by atoms with Crippen LogP contribution in [0.15, 0.2) is 35.4 Å². The topological polar surface area (TPSA) is 66.5 Å². The van der Waals surface area contributed by atoms with Gasteiger partial charge in [0.05, 0.1) is 16.4 Å². The highest BCUT2D eigenvalue weighted by Gasteiger charge is 2.41. The van der Waals surface area contributed by atoms with E-state index in [-0.39, 0.29) is 16.4 Å². The van der Waals surface area contributed by atoms with E-state index in [0.717, 1.165) is 23.8 Å². The first kappa shape index (κ1) is 17.4. The van der Waals surface area contributed by atoms with Crippen LogP contribution < -0.4 is 10.2 Å². The maximum atomic E-state index is 14.4. The molecule has 1 aromatic rings. The molecule has 25 heavy (non-hydrogen) atoms. The molecule has 3 amide bonds. The molecule has 0 aromatic heterocycles. The summed E-state index contributed by atoms with van der Waals surface area (Å²) in [5, 5.41) is 2.49. The van der Waals surface area contributed by atoms with E-state index in [1.807, 2.05) is 0 Å². The van der Waals surface area contributed by atoms with E-state index in [2.05, 4.69) is 5.32 Å². The summed E-state index contributed by atoms with van der Waals surface area (Å²) in [6, 6.07) is 2.20. The molecular formula is C18H16ClFN2O3. The number of rotatable bonds is 3. The first-order valence-corrected chi connectivity index (χ1v) is 8.35. The highest BCUT2D eigenvalue weighted by molar-refractivity contribution is 6.35. The van der Waals surface area contributed by atoms with Crippen LogP contribution in [-0.2, 0) is 14.4 Å². The zero-order valence-corrected chi connectivity index (χ0v) is 14.3. The number of hydrogen-bond acceptors (Lipinski definition) is 3. The Balaban J connectivity index is 1.99. The lowest BCUT2D eigenvalue weighted by Gasteiger charge is -2.18. The SMILES string of the molecule is CC=CC(=O)Nc1cc(N2C(=O)C3=C(CCCC3)C2=O)c(F)cc1Cl. The molecule has 0 radical (unpaired) electrons. The summed E-state index contributed by atoms with van der Waals surface area (Å²) >= 11 is 5.97. The van der Waals surface area contributed by atoms with E-state index in [0.29, 0.717) is 24.0 Å². The summed E-state index contributed by atoms with van der Waals surface area (Å²) in [5.41, 5.74) is 0.853. The van der Waals surface area contributed by atoms with Gasteiger partial charge >= 0.3 is 0 Å². The molecule has 0 spiro atoms. The van der Waals surface area contributed by atoms with Gasteiger partial charge in [-0.2, -0.15) is 0 Å². The Hall–Kier alpha value is -2.47. The van der Waals surface area contributed by atoms with Crippen LogP contribution in [0.5, 0.6) is 0 Å². The van der Waals surface area contributed by atoms with Gasteiger partial charge in [0.1, 0.15) is 5.82 Å². The molecule has 0 atom stereocenters. The van der Waals surface area contributed by atoms with Crippen LogP contribution in [0.2, 0.25) is 5.02 Å². The summed E-state index contributed by atoms with van der Waals surface area (Å²) < 4.78 is 14.4. The second-order valence-electron chi connectivity index (χ2n) is 5.88. The Morgan fingerprint density at radius 2 is 1.80 bits per heavy atom. The minimum atomic E-state index is -0.796. The fraction of sp³-hybridized carbons (Fsp3) is 0.278. The van der Waals surface area contributed by atoms with E-state index in [1.54, 1.807) is 13.0 Å². The molecular weight excluding hydrogens is 347 g/mol. The molecule has 1 aromatic carbocycles. The van der Waals surface area contributed by atoms with Crippen molar-refractivity contribution in [1.82, 2.24) is 0 Å². The predicted octanol–water partition coefficient (Wildman–Crippen LogP) is 3.74. The normalized spacial score (nSPS) is 17.5. The van der Waals surface area contributed by atoms with Crippen LogP contribution in [0.25, 0.3) is 0 Å². The number of amides is 3. The van der Waals surface area contributed by atoms with E-state index >= 15 is 0 Å². The van der Waals surface area contributed by atoms with Gasteiger partial charge in [-0.1, -0.05) is 17.7 Å². The fourth-order valence-corrected chi connectivity index (χ4v) is 3.29. The zero-order valence-electron chi connectivity index (χ0n) is 13.6. The molecule has 130 valence electrons. The number of halogens is 2. The summed E-state index contributed by atoms with van der Waals surface area (Å²) in [5.74, 6) is -2.23. The molecule has 1 aliphatic heterocycles. The maximum absolute atomic E-state index is 14.4. The second kappa shape index (κ2) is 6.80. The standard InChI is InChI=1S/C18H16ClFN2O3/c1-2-5-16(23)21-14-9-15(13(20)8-12(14)19)22-17(24)10-6-3-4-7-11(10)18(22)25/h2,5,8-9H,3-4,6-7H2,1H3,(H,21,23).